The first-order valence-electron chi connectivity index (χ1n) is 10.3. The molecule has 1 fully saturated rings. The van der Waals surface area contributed by atoms with Gasteiger partial charge in [-0.3, -0.25) is 0 Å². The Labute approximate surface area is 191 Å². The number of nitrogens with zero attached hydrogens (tertiary/aromatic N) is 6. The van der Waals surface area contributed by atoms with Crippen LogP contribution >= 0.6 is 11.6 Å². The van der Waals surface area contributed by atoms with E-state index in [0.29, 0.717) is 16.5 Å². The van der Waals surface area contributed by atoms with Crippen molar-refractivity contribution < 1.29 is 9.47 Å². The molecule has 164 valence electrons. The molecule has 8 nitrogen and oxygen atoms in total. The van der Waals surface area contributed by atoms with Crippen molar-refractivity contribution in [3.63, 3.8) is 0 Å². The van der Waals surface area contributed by atoms with Crippen molar-refractivity contribution in [3.05, 3.63) is 60.4 Å². The summed E-state index contributed by atoms with van der Waals surface area (Å²) in [7, 11) is 3.21. The van der Waals surface area contributed by atoms with Crippen LogP contribution in [0.15, 0.2) is 55.4 Å². The minimum Gasteiger partial charge on any atom is -0.496 e. The third-order valence-corrected chi connectivity index (χ3v) is 6.05. The molecule has 5 rings (SSSR count). The van der Waals surface area contributed by atoms with E-state index >= 15 is 0 Å². The summed E-state index contributed by atoms with van der Waals surface area (Å²) in [6.45, 7) is 3.67. The van der Waals surface area contributed by atoms with Crippen molar-refractivity contribution in [3.8, 4) is 22.8 Å². The molecular weight excluding hydrogens is 428 g/mol. The number of benzene rings is 1. The van der Waals surface area contributed by atoms with Crippen LogP contribution in [0.1, 0.15) is 0 Å². The van der Waals surface area contributed by atoms with E-state index in [4.69, 9.17) is 26.1 Å². The molecule has 0 N–H and O–H groups in total. The molecule has 0 radical (unpaired) electrons. The third kappa shape index (κ3) is 3.78. The highest BCUT2D eigenvalue weighted by Crippen LogP contribution is 2.38. The molecule has 9 heteroatoms. The standard InChI is InChI=1S/C23H23ClN6O2/c1-31-21-11-22(32-2)19(24)10-18(21)20-14-30-4-3-16(9-23(30)27-20)28-5-7-29(8-6-28)17-12-25-15-26-13-17/h3-4,9-15H,5-8H2,1-2H3. The van der Waals surface area contributed by atoms with Gasteiger partial charge in [-0.2, -0.15) is 0 Å². The fourth-order valence-corrected chi connectivity index (χ4v) is 4.28. The zero-order valence-corrected chi connectivity index (χ0v) is 18.7. The van der Waals surface area contributed by atoms with Crippen molar-refractivity contribution in [2.75, 3.05) is 50.2 Å². The fourth-order valence-electron chi connectivity index (χ4n) is 4.04. The Bertz CT molecular complexity index is 1240. The van der Waals surface area contributed by atoms with E-state index < -0.39 is 0 Å². The molecule has 1 saturated heterocycles. The van der Waals surface area contributed by atoms with E-state index in [1.807, 2.05) is 35.3 Å². The van der Waals surface area contributed by atoms with Crippen molar-refractivity contribution in [2.24, 2.45) is 0 Å². The predicted octanol–water partition coefficient (Wildman–Crippen LogP) is 3.79. The number of fused-ring (bicyclic) bond motifs is 1. The van der Waals surface area contributed by atoms with Gasteiger partial charge in [0.05, 0.1) is 43.0 Å². The molecular formula is C23H23ClN6O2. The zero-order valence-electron chi connectivity index (χ0n) is 17.9. The molecule has 0 aliphatic carbocycles. The highest BCUT2D eigenvalue weighted by atomic mass is 35.5. The quantitative estimate of drug-likeness (QED) is 0.458. The van der Waals surface area contributed by atoms with Crippen LogP contribution in [0.5, 0.6) is 11.5 Å². The topological polar surface area (TPSA) is 68.0 Å². The third-order valence-electron chi connectivity index (χ3n) is 5.75. The number of hydrogen-bond donors (Lipinski definition) is 0. The number of methoxy groups -OCH3 is 2. The SMILES string of the molecule is COc1cc(OC)c(-c2cn3ccc(N4CCN(c5cncnc5)CC4)cc3n2)cc1Cl. The lowest BCUT2D eigenvalue weighted by Crippen LogP contribution is -2.46. The molecule has 4 heterocycles. The van der Waals surface area contributed by atoms with E-state index in [-0.39, 0.29) is 0 Å². The average molecular weight is 451 g/mol. The molecule has 1 aliphatic rings. The van der Waals surface area contributed by atoms with Crippen LogP contribution < -0.4 is 19.3 Å². The lowest BCUT2D eigenvalue weighted by atomic mass is 10.1. The normalized spacial score (nSPS) is 14.1. The summed E-state index contributed by atoms with van der Waals surface area (Å²) in [5.41, 5.74) is 4.69. The Hall–Kier alpha value is -3.52. The highest BCUT2D eigenvalue weighted by Gasteiger charge is 2.19. The van der Waals surface area contributed by atoms with Crippen molar-refractivity contribution in [1.82, 2.24) is 19.4 Å². The number of ether oxygens (including phenoxy) is 2. The van der Waals surface area contributed by atoms with E-state index in [0.717, 1.165) is 54.5 Å². The molecule has 0 spiro atoms. The fraction of sp³-hybridized carbons (Fsp3) is 0.261. The van der Waals surface area contributed by atoms with Crippen molar-refractivity contribution in [1.29, 1.82) is 0 Å². The lowest BCUT2D eigenvalue weighted by Gasteiger charge is -2.37. The van der Waals surface area contributed by atoms with Gasteiger partial charge < -0.3 is 23.7 Å². The van der Waals surface area contributed by atoms with Crippen LogP contribution in [-0.4, -0.2) is 59.8 Å². The number of imidazole rings is 1. The number of piperazine rings is 1. The van der Waals surface area contributed by atoms with Crippen LogP contribution in [-0.2, 0) is 0 Å². The first-order chi connectivity index (χ1) is 15.7. The summed E-state index contributed by atoms with van der Waals surface area (Å²) in [6.07, 6.45) is 9.30. The van der Waals surface area contributed by atoms with Gasteiger partial charge in [-0.15, -0.1) is 0 Å². The Balaban J connectivity index is 1.39. The number of hydrogen-bond acceptors (Lipinski definition) is 7. The van der Waals surface area contributed by atoms with Crippen LogP contribution in [0.3, 0.4) is 0 Å². The number of halogens is 1. The molecule has 3 aromatic heterocycles. The molecule has 4 aromatic rings. The monoisotopic (exact) mass is 450 g/mol. The second-order valence-electron chi connectivity index (χ2n) is 7.53. The first kappa shape index (κ1) is 20.4. The maximum absolute atomic E-state index is 6.36. The smallest absolute Gasteiger partial charge is 0.141 e. The lowest BCUT2D eigenvalue weighted by molar-refractivity contribution is 0.395. The zero-order chi connectivity index (χ0) is 22.1. The molecule has 0 saturated carbocycles. The Morgan fingerprint density at radius 1 is 0.875 bits per heavy atom. The van der Waals surface area contributed by atoms with Gasteiger partial charge in [0, 0.05) is 62.0 Å². The maximum atomic E-state index is 6.36. The molecule has 1 aromatic carbocycles. The van der Waals surface area contributed by atoms with Gasteiger partial charge in [0.1, 0.15) is 23.5 Å². The summed E-state index contributed by atoms with van der Waals surface area (Å²) < 4.78 is 12.9. The molecule has 0 amide bonds. The molecule has 0 bridgehead atoms. The van der Waals surface area contributed by atoms with Gasteiger partial charge >= 0.3 is 0 Å². The molecule has 0 atom stereocenters. The largest absolute Gasteiger partial charge is 0.496 e. The van der Waals surface area contributed by atoms with E-state index in [2.05, 4.69) is 31.9 Å². The summed E-state index contributed by atoms with van der Waals surface area (Å²) in [4.78, 5) is 17.8. The van der Waals surface area contributed by atoms with E-state index in [1.54, 1.807) is 26.6 Å². The molecule has 0 unspecified atom stereocenters. The number of aromatic nitrogens is 4. The first-order valence-corrected chi connectivity index (χ1v) is 10.7. The van der Waals surface area contributed by atoms with Gasteiger partial charge in [0.2, 0.25) is 0 Å². The second kappa shape index (κ2) is 8.55. The average Bonchev–Trinajstić information content (AvgIpc) is 3.28. The van der Waals surface area contributed by atoms with Gasteiger partial charge in [-0.05, 0) is 12.1 Å². The number of pyridine rings is 1. The summed E-state index contributed by atoms with van der Waals surface area (Å²) in [5, 5.41) is 0.516. The second-order valence-corrected chi connectivity index (χ2v) is 7.94. The Morgan fingerprint density at radius 3 is 2.25 bits per heavy atom. The summed E-state index contributed by atoms with van der Waals surface area (Å²) >= 11 is 6.36. The van der Waals surface area contributed by atoms with Crippen LogP contribution in [0.4, 0.5) is 11.4 Å². The molecule has 32 heavy (non-hydrogen) atoms. The summed E-state index contributed by atoms with van der Waals surface area (Å²) in [5.74, 6) is 1.23. The van der Waals surface area contributed by atoms with Gasteiger partial charge in [-0.1, -0.05) is 11.6 Å². The minimum absolute atomic E-state index is 0.516. The van der Waals surface area contributed by atoms with Crippen molar-refractivity contribution in [2.45, 2.75) is 0 Å². The van der Waals surface area contributed by atoms with E-state index in [9.17, 15) is 0 Å². The van der Waals surface area contributed by atoms with Crippen molar-refractivity contribution >= 4 is 28.6 Å². The van der Waals surface area contributed by atoms with Crippen LogP contribution in [0.25, 0.3) is 16.9 Å². The van der Waals surface area contributed by atoms with Gasteiger partial charge in [0.25, 0.3) is 0 Å². The predicted molar refractivity (Wildman–Crippen MR) is 125 cm³/mol. The number of anilines is 2. The van der Waals surface area contributed by atoms with Gasteiger partial charge in [-0.25, -0.2) is 15.0 Å². The number of rotatable bonds is 5. The molecule has 1 aliphatic heterocycles. The van der Waals surface area contributed by atoms with E-state index in [1.165, 1.54) is 0 Å². The highest BCUT2D eigenvalue weighted by molar-refractivity contribution is 6.32. The summed E-state index contributed by atoms with van der Waals surface area (Å²) in [6, 6.07) is 7.85. The Morgan fingerprint density at radius 2 is 1.56 bits per heavy atom. The maximum Gasteiger partial charge on any atom is 0.141 e. The van der Waals surface area contributed by atoms with Crippen LogP contribution in [0.2, 0.25) is 5.02 Å². The van der Waals surface area contributed by atoms with Crippen LogP contribution in [0, 0.1) is 0 Å². The Kier molecular flexibility index (Phi) is 5.45. The van der Waals surface area contributed by atoms with Gasteiger partial charge in [0.15, 0.2) is 0 Å². The minimum atomic E-state index is 0.516.